The van der Waals surface area contributed by atoms with E-state index >= 15 is 0 Å². The molecule has 0 saturated carbocycles. The minimum absolute atomic E-state index is 0.0234. The fourth-order valence-electron chi connectivity index (χ4n) is 3.19. The number of nitrogens with zero attached hydrogens (tertiary/aromatic N) is 3. The lowest BCUT2D eigenvalue weighted by atomic mass is 10.1. The van der Waals surface area contributed by atoms with Gasteiger partial charge in [-0.1, -0.05) is 30.3 Å². The molecule has 1 heterocycles. The van der Waals surface area contributed by atoms with E-state index in [1.54, 1.807) is 34.9 Å². The topological polar surface area (TPSA) is 133 Å². The number of nitro benzene ring substituents is 1. The fraction of sp³-hybridized carbons (Fsp3) is 0. The van der Waals surface area contributed by atoms with Gasteiger partial charge in [-0.2, -0.15) is 13.5 Å². The molecule has 1 amide bonds. The zero-order valence-corrected chi connectivity index (χ0v) is 18.8. The average Bonchev–Trinajstić information content (AvgIpc) is 3.39. The van der Waals surface area contributed by atoms with Crippen molar-refractivity contribution < 1.29 is 22.3 Å². The standard InChI is InChI=1S/C24H18N4O6S/c29-24(22-11-1-2-12-23(22)27-13-3-4-14-27)26-25-17-18-7-5-9-20(15-18)34-35(32,33)21-10-6-8-19(16-21)28(30)31/h1-17H,(H,26,29)/b25-17-. The summed E-state index contributed by atoms with van der Waals surface area (Å²) >= 11 is 0. The minimum Gasteiger partial charge on any atom is -0.379 e. The van der Waals surface area contributed by atoms with Crippen LogP contribution in [0.2, 0.25) is 0 Å². The lowest BCUT2D eigenvalue weighted by molar-refractivity contribution is -0.385. The van der Waals surface area contributed by atoms with Gasteiger partial charge in [-0.15, -0.1) is 0 Å². The summed E-state index contributed by atoms with van der Waals surface area (Å²) in [5, 5.41) is 14.9. The molecule has 0 unspecified atom stereocenters. The minimum atomic E-state index is -4.30. The summed E-state index contributed by atoms with van der Waals surface area (Å²) < 4.78 is 32.0. The number of nitro groups is 1. The summed E-state index contributed by atoms with van der Waals surface area (Å²) in [6.07, 6.45) is 4.98. The zero-order valence-electron chi connectivity index (χ0n) is 18.0. The first-order valence-electron chi connectivity index (χ1n) is 10.2. The Kier molecular flexibility index (Phi) is 6.69. The second kappa shape index (κ2) is 10.0. The predicted molar refractivity (Wildman–Crippen MR) is 128 cm³/mol. The number of amides is 1. The van der Waals surface area contributed by atoms with E-state index in [0.717, 1.165) is 6.07 Å². The van der Waals surface area contributed by atoms with Crippen molar-refractivity contribution in [3.63, 3.8) is 0 Å². The first-order chi connectivity index (χ1) is 16.8. The Morgan fingerprint density at radius 3 is 2.49 bits per heavy atom. The number of para-hydroxylation sites is 1. The maximum atomic E-state index is 12.6. The maximum absolute atomic E-state index is 12.6. The van der Waals surface area contributed by atoms with Crippen LogP contribution in [0.3, 0.4) is 0 Å². The van der Waals surface area contributed by atoms with Gasteiger partial charge in [-0.05, 0) is 48.0 Å². The number of carbonyl (C=O) groups excluding carboxylic acids is 1. The van der Waals surface area contributed by atoms with Crippen molar-refractivity contribution >= 4 is 27.9 Å². The molecular formula is C24H18N4O6S. The van der Waals surface area contributed by atoms with E-state index in [2.05, 4.69) is 10.5 Å². The van der Waals surface area contributed by atoms with E-state index in [-0.39, 0.29) is 16.3 Å². The van der Waals surface area contributed by atoms with E-state index in [4.69, 9.17) is 4.18 Å². The Balaban J connectivity index is 1.47. The highest BCUT2D eigenvalue weighted by molar-refractivity contribution is 7.87. The summed E-state index contributed by atoms with van der Waals surface area (Å²) in [6.45, 7) is 0. The molecule has 0 fully saturated rings. The monoisotopic (exact) mass is 490 g/mol. The van der Waals surface area contributed by atoms with Gasteiger partial charge in [0.05, 0.1) is 22.4 Å². The van der Waals surface area contributed by atoms with Gasteiger partial charge in [-0.25, -0.2) is 5.43 Å². The summed E-state index contributed by atoms with van der Waals surface area (Å²) in [7, 11) is -4.30. The molecule has 0 radical (unpaired) electrons. The molecule has 11 heteroatoms. The van der Waals surface area contributed by atoms with Crippen LogP contribution in [0.4, 0.5) is 5.69 Å². The fourth-order valence-corrected chi connectivity index (χ4v) is 4.15. The largest absolute Gasteiger partial charge is 0.379 e. The van der Waals surface area contributed by atoms with Gasteiger partial charge in [-0.3, -0.25) is 14.9 Å². The molecule has 176 valence electrons. The SMILES string of the molecule is O=C(N/N=C\c1cccc(OS(=O)(=O)c2cccc([N+](=O)[O-])c2)c1)c1ccccc1-n1cccc1. The van der Waals surface area contributed by atoms with Crippen molar-refractivity contribution in [2.24, 2.45) is 5.10 Å². The molecule has 1 aromatic heterocycles. The Morgan fingerprint density at radius 1 is 0.971 bits per heavy atom. The van der Waals surface area contributed by atoms with E-state index in [1.165, 1.54) is 36.5 Å². The van der Waals surface area contributed by atoms with Gasteiger partial charge < -0.3 is 8.75 Å². The smallest absolute Gasteiger partial charge is 0.339 e. The number of benzene rings is 3. The highest BCUT2D eigenvalue weighted by Gasteiger charge is 2.20. The molecule has 1 N–H and O–H groups in total. The molecule has 0 aliphatic carbocycles. The van der Waals surface area contributed by atoms with Crippen LogP contribution in [-0.2, 0) is 10.1 Å². The van der Waals surface area contributed by atoms with Crippen LogP contribution < -0.4 is 9.61 Å². The number of hydrogen-bond acceptors (Lipinski definition) is 7. The molecule has 0 spiro atoms. The Hall–Kier alpha value is -4.77. The molecule has 4 aromatic rings. The van der Waals surface area contributed by atoms with Crippen LogP contribution in [0.25, 0.3) is 5.69 Å². The van der Waals surface area contributed by atoms with Crippen molar-refractivity contribution in [2.75, 3.05) is 0 Å². The van der Waals surface area contributed by atoms with Gasteiger partial charge in [0.1, 0.15) is 10.6 Å². The van der Waals surface area contributed by atoms with E-state index in [9.17, 15) is 23.3 Å². The normalized spacial score (nSPS) is 11.3. The molecular weight excluding hydrogens is 472 g/mol. The second-order valence-electron chi connectivity index (χ2n) is 7.17. The first kappa shape index (κ1) is 23.4. The van der Waals surface area contributed by atoms with Gasteiger partial charge in [0.2, 0.25) is 0 Å². The van der Waals surface area contributed by atoms with Gasteiger partial charge in [0.15, 0.2) is 0 Å². The van der Waals surface area contributed by atoms with Crippen LogP contribution in [0.15, 0.2) is 107 Å². The number of rotatable bonds is 8. The molecule has 10 nitrogen and oxygen atoms in total. The Morgan fingerprint density at radius 2 is 1.71 bits per heavy atom. The number of nitrogens with one attached hydrogen (secondary N) is 1. The Labute approximate surface area is 200 Å². The number of hydrazone groups is 1. The molecule has 0 aliphatic heterocycles. The van der Waals surface area contributed by atoms with Gasteiger partial charge in [0.25, 0.3) is 11.6 Å². The van der Waals surface area contributed by atoms with Gasteiger partial charge >= 0.3 is 10.1 Å². The third-order valence-corrected chi connectivity index (χ3v) is 6.04. The van der Waals surface area contributed by atoms with E-state index in [1.807, 2.05) is 30.6 Å². The van der Waals surface area contributed by atoms with Crippen molar-refractivity contribution in [1.29, 1.82) is 0 Å². The highest BCUT2D eigenvalue weighted by Crippen LogP contribution is 2.22. The van der Waals surface area contributed by atoms with Crippen LogP contribution in [-0.4, -0.2) is 30.0 Å². The van der Waals surface area contributed by atoms with E-state index in [0.29, 0.717) is 16.8 Å². The second-order valence-corrected chi connectivity index (χ2v) is 8.72. The average molecular weight is 490 g/mol. The summed E-state index contributed by atoms with van der Waals surface area (Å²) in [5.41, 5.74) is 3.64. The third kappa shape index (κ3) is 5.60. The van der Waals surface area contributed by atoms with Crippen LogP contribution in [0, 0.1) is 10.1 Å². The number of carbonyl (C=O) groups is 1. The molecule has 0 bridgehead atoms. The molecule has 35 heavy (non-hydrogen) atoms. The summed E-state index contributed by atoms with van der Waals surface area (Å²) in [5.74, 6) is -0.448. The van der Waals surface area contributed by atoms with Crippen LogP contribution in [0.5, 0.6) is 5.75 Å². The molecule has 0 aliphatic rings. The zero-order chi connectivity index (χ0) is 24.8. The molecule has 0 saturated heterocycles. The molecule has 0 atom stereocenters. The predicted octanol–water partition coefficient (Wildman–Crippen LogP) is 3.92. The van der Waals surface area contributed by atoms with Crippen LogP contribution in [0.1, 0.15) is 15.9 Å². The maximum Gasteiger partial charge on any atom is 0.339 e. The molecule has 4 rings (SSSR count). The van der Waals surface area contributed by atoms with E-state index < -0.39 is 20.9 Å². The van der Waals surface area contributed by atoms with Crippen molar-refractivity contribution in [1.82, 2.24) is 9.99 Å². The van der Waals surface area contributed by atoms with Crippen LogP contribution >= 0.6 is 0 Å². The molecule has 3 aromatic carbocycles. The lowest BCUT2D eigenvalue weighted by Crippen LogP contribution is -2.19. The lowest BCUT2D eigenvalue weighted by Gasteiger charge is -2.09. The number of aromatic nitrogens is 1. The van der Waals surface area contributed by atoms with Crippen molar-refractivity contribution in [3.8, 4) is 11.4 Å². The van der Waals surface area contributed by atoms with Crippen molar-refractivity contribution in [2.45, 2.75) is 4.90 Å². The Bertz CT molecular complexity index is 1510. The summed E-state index contributed by atoms with van der Waals surface area (Å²) in [4.78, 5) is 22.5. The third-order valence-electron chi connectivity index (χ3n) is 4.79. The highest BCUT2D eigenvalue weighted by atomic mass is 32.2. The number of non-ortho nitro benzene ring substituents is 1. The first-order valence-corrected chi connectivity index (χ1v) is 11.6. The summed E-state index contributed by atoms with van der Waals surface area (Å²) in [6, 6.07) is 21.3. The van der Waals surface area contributed by atoms with Crippen molar-refractivity contribution in [3.05, 3.63) is 119 Å². The number of hydrogen-bond donors (Lipinski definition) is 1. The van der Waals surface area contributed by atoms with Gasteiger partial charge in [0, 0.05) is 24.5 Å². The quantitative estimate of drug-likeness (QED) is 0.172.